The maximum absolute atomic E-state index is 12.3. The molecule has 30 heavy (non-hydrogen) atoms. The quantitative estimate of drug-likeness (QED) is 0.519. The highest BCUT2D eigenvalue weighted by Crippen LogP contribution is 2.24. The van der Waals surface area contributed by atoms with Gasteiger partial charge in [0.25, 0.3) is 11.8 Å². The second kappa shape index (κ2) is 11.5. The second-order valence-corrected chi connectivity index (χ2v) is 6.45. The van der Waals surface area contributed by atoms with Crippen molar-refractivity contribution in [2.45, 2.75) is 19.8 Å². The minimum Gasteiger partial charge on any atom is -0.497 e. The van der Waals surface area contributed by atoms with Crippen molar-refractivity contribution in [3.63, 3.8) is 0 Å². The standard InChI is InChI=1S/C22H27N3O5/c1-4-5-20(26)25-16-8-6-15(7-9-16)21(27)23-12-13-24-22(28)18-11-10-17(29-2)14-19(18)30-3/h6-11,14H,4-5,12-13H2,1-3H3,(H,23,27)(H,24,28)(H,25,26). The number of anilines is 1. The van der Waals surface area contributed by atoms with Crippen LogP contribution < -0.4 is 25.4 Å². The number of ether oxygens (including phenoxy) is 2. The first-order valence-corrected chi connectivity index (χ1v) is 9.66. The zero-order chi connectivity index (χ0) is 21.9. The zero-order valence-electron chi connectivity index (χ0n) is 17.4. The van der Waals surface area contributed by atoms with Crippen LogP contribution in [0.3, 0.4) is 0 Å². The number of nitrogens with one attached hydrogen (secondary N) is 3. The fourth-order valence-electron chi connectivity index (χ4n) is 2.69. The molecule has 0 unspecified atom stereocenters. The molecule has 3 N–H and O–H groups in total. The molecule has 160 valence electrons. The topological polar surface area (TPSA) is 106 Å². The number of amides is 3. The summed E-state index contributed by atoms with van der Waals surface area (Å²) in [6.45, 7) is 2.45. The summed E-state index contributed by atoms with van der Waals surface area (Å²) in [5.74, 6) is 0.362. The van der Waals surface area contributed by atoms with Gasteiger partial charge in [0.2, 0.25) is 5.91 Å². The van der Waals surface area contributed by atoms with E-state index in [4.69, 9.17) is 9.47 Å². The average molecular weight is 413 g/mol. The monoisotopic (exact) mass is 413 g/mol. The molecule has 0 saturated heterocycles. The van der Waals surface area contributed by atoms with Crippen molar-refractivity contribution < 1.29 is 23.9 Å². The average Bonchev–Trinajstić information content (AvgIpc) is 2.76. The van der Waals surface area contributed by atoms with Gasteiger partial charge in [0.05, 0.1) is 19.8 Å². The molecule has 0 radical (unpaired) electrons. The molecule has 2 aromatic carbocycles. The molecule has 0 aliphatic rings. The van der Waals surface area contributed by atoms with E-state index in [1.54, 1.807) is 42.5 Å². The Morgan fingerprint density at radius 2 is 1.53 bits per heavy atom. The normalized spacial score (nSPS) is 10.1. The molecule has 0 aliphatic heterocycles. The van der Waals surface area contributed by atoms with E-state index in [1.165, 1.54) is 14.2 Å². The second-order valence-electron chi connectivity index (χ2n) is 6.45. The van der Waals surface area contributed by atoms with Crippen molar-refractivity contribution in [3.8, 4) is 11.5 Å². The molecule has 0 heterocycles. The summed E-state index contributed by atoms with van der Waals surface area (Å²) in [6.07, 6.45) is 1.23. The molecule has 8 nitrogen and oxygen atoms in total. The highest BCUT2D eigenvalue weighted by molar-refractivity contribution is 5.97. The number of methoxy groups -OCH3 is 2. The molecular formula is C22H27N3O5. The summed E-state index contributed by atoms with van der Waals surface area (Å²) in [5.41, 5.74) is 1.49. The lowest BCUT2D eigenvalue weighted by molar-refractivity contribution is -0.116. The molecule has 0 bridgehead atoms. The van der Waals surface area contributed by atoms with Crippen LogP contribution in [0.25, 0.3) is 0 Å². The maximum atomic E-state index is 12.3. The van der Waals surface area contributed by atoms with Crippen molar-refractivity contribution in [2.24, 2.45) is 0 Å². The van der Waals surface area contributed by atoms with E-state index in [2.05, 4.69) is 16.0 Å². The van der Waals surface area contributed by atoms with Crippen molar-refractivity contribution in [2.75, 3.05) is 32.6 Å². The predicted octanol–water partition coefficient (Wildman–Crippen LogP) is 2.60. The van der Waals surface area contributed by atoms with E-state index in [9.17, 15) is 14.4 Å². The fourth-order valence-corrected chi connectivity index (χ4v) is 2.69. The number of benzene rings is 2. The fraction of sp³-hybridized carbons (Fsp3) is 0.318. The Kier molecular flexibility index (Phi) is 8.68. The van der Waals surface area contributed by atoms with Crippen molar-refractivity contribution in [1.29, 1.82) is 0 Å². The van der Waals surface area contributed by atoms with Crippen LogP contribution in [-0.2, 0) is 4.79 Å². The Hall–Kier alpha value is -3.55. The molecule has 0 spiro atoms. The van der Waals surface area contributed by atoms with Gasteiger partial charge in [0.15, 0.2) is 0 Å². The highest BCUT2D eigenvalue weighted by atomic mass is 16.5. The summed E-state index contributed by atoms with van der Waals surface area (Å²) < 4.78 is 10.3. The number of carbonyl (C=O) groups excluding carboxylic acids is 3. The molecule has 0 aliphatic carbocycles. The van der Waals surface area contributed by atoms with E-state index >= 15 is 0 Å². The van der Waals surface area contributed by atoms with E-state index < -0.39 is 0 Å². The van der Waals surface area contributed by atoms with Crippen LogP contribution in [0.15, 0.2) is 42.5 Å². The van der Waals surface area contributed by atoms with E-state index in [1.807, 2.05) is 6.92 Å². The molecule has 0 aromatic heterocycles. The summed E-state index contributed by atoms with van der Waals surface area (Å²) in [4.78, 5) is 36.1. The lowest BCUT2D eigenvalue weighted by atomic mass is 10.1. The van der Waals surface area contributed by atoms with Gasteiger partial charge in [-0.1, -0.05) is 6.92 Å². The van der Waals surface area contributed by atoms with Crippen molar-refractivity contribution in [1.82, 2.24) is 10.6 Å². The zero-order valence-corrected chi connectivity index (χ0v) is 17.4. The van der Waals surface area contributed by atoms with Gasteiger partial charge in [-0.05, 0) is 42.8 Å². The van der Waals surface area contributed by atoms with Gasteiger partial charge in [-0.25, -0.2) is 0 Å². The Balaban J connectivity index is 1.80. The Labute approximate surface area is 175 Å². The summed E-state index contributed by atoms with van der Waals surface area (Å²) >= 11 is 0. The molecule has 2 aromatic rings. The summed E-state index contributed by atoms with van der Waals surface area (Å²) in [5, 5.41) is 8.25. The van der Waals surface area contributed by atoms with Gasteiger partial charge in [-0.3, -0.25) is 14.4 Å². The van der Waals surface area contributed by atoms with Gasteiger partial charge < -0.3 is 25.4 Å². The van der Waals surface area contributed by atoms with Crippen LogP contribution in [0, 0.1) is 0 Å². The van der Waals surface area contributed by atoms with Crippen LogP contribution >= 0.6 is 0 Å². The summed E-state index contributed by atoms with van der Waals surface area (Å²) in [6, 6.07) is 11.6. The van der Waals surface area contributed by atoms with E-state index in [-0.39, 0.29) is 30.8 Å². The van der Waals surface area contributed by atoms with Gasteiger partial charge >= 0.3 is 0 Å². The van der Waals surface area contributed by atoms with Crippen LogP contribution in [-0.4, -0.2) is 45.0 Å². The molecule has 3 amide bonds. The third-order valence-electron chi connectivity index (χ3n) is 4.26. The first-order valence-electron chi connectivity index (χ1n) is 9.66. The first kappa shape index (κ1) is 22.7. The molecule has 0 fully saturated rings. The maximum Gasteiger partial charge on any atom is 0.255 e. The molecule has 8 heteroatoms. The smallest absolute Gasteiger partial charge is 0.255 e. The molecular weight excluding hydrogens is 386 g/mol. The minimum absolute atomic E-state index is 0.0565. The third kappa shape index (κ3) is 6.51. The van der Waals surface area contributed by atoms with Crippen LogP contribution in [0.1, 0.15) is 40.5 Å². The van der Waals surface area contributed by atoms with Crippen LogP contribution in [0.5, 0.6) is 11.5 Å². The van der Waals surface area contributed by atoms with Crippen LogP contribution in [0.4, 0.5) is 5.69 Å². The van der Waals surface area contributed by atoms with Gasteiger partial charge in [-0.2, -0.15) is 0 Å². The van der Waals surface area contributed by atoms with Gasteiger partial charge in [0, 0.05) is 36.8 Å². The van der Waals surface area contributed by atoms with Crippen molar-refractivity contribution in [3.05, 3.63) is 53.6 Å². The summed E-state index contributed by atoms with van der Waals surface area (Å²) in [7, 11) is 3.01. The molecule has 0 saturated carbocycles. The predicted molar refractivity (Wildman–Crippen MR) is 114 cm³/mol. The number of hydrogen-bond donors (Lipinski definition) is 3. The highest BCUT2D eigenvalue weighted by Gasteiger charge is 2.13. The molecule has 0 atom stereocenters. The Morgan fingerprint density at radius 1 is 0.867 bits per heavy atom. The number of rotatable bonds is 10. The SMILES string of the molecule is CCCC(=O)Nc1ccc(C(=O)NCCNC(=O)c2ccc(OC)cc2OC)cc1. The van der Waals surface area contributed by atoms with Gasteiger partial charge in [0.1, 0.15) is 11.5 Å². The lowest BCUT2D eigenvalue weighted by Gasteiger charge is -2.11. The van der Waals surface area contributed by atoms with Crippen molar-refractivity contribution >= 4 is 23.4 Å². The Bertz CT molecular complexity index is 881. The molecule has 2 rings (SSSR count). The first-order chi connectivity index (χ1) is 14.5. The minimum atomic E-state index is -0.309. The third-order valence-corrected chi connectivity index (χ3v) is 4.26. The number of carbonyl (C=O) groups is 3. The Morgan fingerprint density at radius 3 is 2.13 bits per heavy atom. The lowest BCUT2D eigenvalue weighted by Crippen LogP contribution is -2.34. The largest absolute Gasteiger partial charge is 0.497 e. The van der Waals surface area contributed by atoms with Crippen LogP contribution in [0.2, 0.25) is 0 Å². The number of hydrogen-bond acceptors (Lipinski definition) is 5. The van der Waals surface area contributed by atoms with Gasteiger partial charge in [-0.15, -0.1) is 0 Å². The van der Waals surface area contributed by atoms with E-state index in [0.29, 0.717) is 34.7 Å². The van der Waals surface area contributed by atoms with E-state index in [0.717, 1.165) is 6.42 Å².